The van der Waals surface area contributed by atoms with Crippen molar-refractivity contribution in [1.29, 1.82) is 0 Å². The average Bonchev–Trinajstić information content (AvgIpc) is 2.87. The van der Waals surface area contributed by atoms with Crippen LogP contribution in [0.25, 0.3) is 0 Å². The van der Waals surface area contributed by atoms with Gasteiger partial charge in [0.2, 0.25) is 0 Å². The zero-order valence-corrected chi connectivity index (χ0v) is 10.1. The standard InChI is InChI=1S/C10H14ClN5/c1-3-9(11)10-7-16(14-13-10)6-8-4-12-15(2)5-8/h4-5,7,9H,3,6H2,1-2H3. The molecule has 2 aromatic rings. The largest absolute Gasteiger partial charge is 0.275 e. The molecular weight excluding hydrogens is 226 g/mol. The highest BCUT2D eigenvalue weighted by atomic mass is 35.5. The van der Waals surface area contributed by atoms with Gasteiger partial charge in [0.25, 0.3) is 0 Å². The first-order valence-electron chi connectivity index (χ1n) is 5.20. The van der Waals surface area contributed by atoms with Crippen LogP contribution >= 0.6 is 11.6 Å². The van der Waals surface area contributed by atoms with Gasteiger partial charge in [-0.25, -0.2) is 4.68 Å². The summed E-state index contributed by atoms with van der Waals surface area (Å²) >= 11 is 6.08. The number of halogens is 1. The van der Waals surface area contributed by atoms with Gasteiger partial charge in [0.15, 0.2) is 0 Å². The van der Waals surface area contributed by atoms with Crippen LogP contribution in [-0.4, -0.2) is 24.8 Å². The summed E-state index contributed by atoms with van der Waals surface area (Å²) in [6.45, 7) is 2.70. The summed E-state index contributed by atoms with van der Waals surface area (Å²) in [6, 6.07) is 0. The monoisotopic (exact) mass is 239 g/mol. The molecule has 0 saturated carbocycles. The van der Waals surface area contributed by atoms with Crippen molar-refractivity contribution in [2.75, 3.05) is 0 Å². The maximum atomic E-state index is 6.08. The Bertz CT molecular complexity index is 461. The molecule has 2 rings (SSSR count). The topological polar surface area (TPSA) is 48.5 Å². The summed E-state index contributed by atoms with van der Waals surface area (Å²) in [7, 11) is 1.89. The lowest BCUT2D eigenvalue weighted by Gasteiger charge is -1.98. The maximum Gasteiger partial charge on any atom is 0.101 e. The molecule has 2 heterocycles. The zero-order chi connectivity index (χ0) is 11.5. The predicted octanol–water partition coefficient (Wildman–Crippen LogP) is 1.75. The molecule has 0 aliphatic heterocycles. The van der Waals surface area contributed by atoms with Crippen molar-refractivity contribution >= 4 is 11.6 Å². The molecule has 0 radical (unpaired) electrons. The summed E-state index contributed by atoms with van der Waals surface area (Å²) in [5.41, 5.74) is 1.93. The lowest BCUT2D eigenvalue weighted by molar-refractivity contribution is 0.648. The molecule has 0 amide bonds. The van der Waals surface area contributed by atoms with Gasteiger partial charge >= 0.3 is 0 Å². The van der Waals surface area contributed by atoms with E-state index in [1.165, 1.54) is 0 Å². The van der Waals surface area contributed by atoms with E-state index in [1.807, 2.05) is 32.6 Å². The van der Waals surface area contributed by atoms with Gasteiger partial charge in [-0.15, -0.1) is 16.7 Å². The van der Waals surface area contributed by atoms with Crippen LogP contribution in [0.4, 0.5) is 0 Å². The van der Waals surface area contributed by atoms with Gasteiger partial charge in [-0.05, 0) is 6.42 Å². The summed E-state index contributed by atoms with van der Waals surface area (Å²) in [4.78, 5) is 0. The van der Waals surface area contributed by atoms with E-state index in [0.717, 1.165) is 17.7 Å². The summed E-state index contributed by atoms with van der Waals surface area (Å²) in [5.74, 6) is 0. The van der Waals surface area contributed by atoms with Crippen molar-refractivity contribution < 1.29 is 0 Å². The lowest BCUT2D eigenvalue weighted by Crippen LogP contribution is -1.99. The second-order valence-corrected chi connectivity index (χ2v) is 4.27. The van der Waals surface area contributed by atoms with Crippen molar-refractivity contribution in [3.63, 3.8) is 0 Å². The van der Waals surface area contributed by atoms with Gasteiger partial charge in [-0.1, -0.05) is 12.1 Å². The van der Waals surface area contributed by atoms with Gasteiger partial charge in [-0.2, -0.15) is 5.10 Å². The minimum Gasteiger partial charge on any atom is -0.275 e. The molecule has 1 unspecified atom stereocenters. The molecule has 86 valence electrons. The fraction of sp³-hybridized carbons (Fsp3) is 0.500. The molecule has 0 saturated heterocycles. The molecule has 0 aromatic carbocycles. The van der Waals surface area contributed by atoms with Crippen LogP contribution < -0.4 is 0 Å². The van der Waals surface area contributed by atoms with Crippen LogP contribution in [0, 0.1) is 0 Å². The first-order valence-corrected chi connectivity index (χ1v) is 5.64. The van der Waals surface area contributed by atoms with Crippen LogP contribution in [0.15, 0.2) is 18.6 Å². The molecule has 5 nitrogen and oxygen atoms in total. The highest BCUT2D eigenvalue weighted by molar-refractivity contribution is 6.20. The van der Waals surface area contributed by atoms with E-state index in [4.69, 9.17) is 11.6 Å². The molecule has 1 atom stereocenters. The predicted molar refractivity (Wildman–Crippen MR) is 61.2 cm³/mol. The number of hydrogen-bond acceptors (Lipinski definition) is 3. The SMILES string of the molecule is CCC(Cl)c1cn(Cc2cnn(C)c2)nn1. The van der Waals surface area contributed by atoms with Crippen molar-refractivity contribution in [2.24, 2.45) is 7.05 Å². The minimum atomic E-state index is -0.0531. The minimum absolute atomic E-state index is 0.0531. The van der Waals surface area contributed by atoms with Crippen LogP contribution in [0.1, 0.15) is 30.0 Å². The molecule has 0 spiro atoms. The summed E-state index contributed by atoms with van der Waals surface area (Å²) in [5, 5.41) is 12.1. The van der Waals surface area contributed by atoms with Crippen molar-refractivity contribution in [3.05, 3.63) is 29.8 Å². The van der Waals surface area contributed by atoms with Crippen LogP contribution in [0.5, 0.6) is 0 Å². The normalized spacial score (nSPS) is 12.9. The third-order valence-electron chi connectivity index (χ3n) is 2.34. The number of nitrogens with zero attached hydrogens (tertiary/aromatic N) is 5. The summed E-state index contributed by atoms with van der Waals surface area (Å²) < 4.78 is 3.54. The quantitative estimate of drug-likeness (QED) is 0.764. The Kier molecular flexibility index (Phi) is 3.24. The Morgan fingerprint density at radius 2 is 2.25 bits per heavy atom. The fourth-order valence-electron chi connectivity index (χ4n) is 1.48. The average molecular weight is 240 g/mol. The third-order valence-corrected chi connectivity index (χ3v) is 2.87. The Hall–Kier alpha value is -1.36. The van der Waals surface area contributed by atoms with Crippen LogP contribution in [0.3, 0.4) is 0 Å². The van der Waals surface area contributed by atoms with E-state index in [9.17, 15) is 0 Å². The van der Waals surface area contributed by atoms with Gasteiger partial charge in [0, 0.05) is 18.8 Å². The second-order valence-electron chi connectivity index (χ2n) is 3.74. The number of rotatable bonds is 4. The van der Waals surface area contributed by atoms with Crippen LogP contribution in [-0.2, 0) is 13.6 Å². The van der Waals surface area contributed by atoms with E-state index in [1.54, 1.807) is 9.36 Å². The number of aromatic nitrogens is 5. The first kappa shape index (κ1) is 11.1. The molecule has 0 fully saturated rings. The van der Waals surface area contributed by atoms with Gasteiger partial charge in [0.05, 0.1) is 24.3 Å². The number of aryl methyl sites for hydroxylation is 1. The fourth-order valence-corrected chi connectivity index (χ4v) is 1.58. The number of hydrogen-bond donors (Lipinski definition) is 0. The van der Waals surface area contributed by atoms with E-state index in [0.29, 0.717) is 6.54 Å². The Balaban J connectivity index is 2.08. The van der Waals surface area contributed by atoms with E-state index < -0.39 is 0 Å². The van der Waals surface area contributed by atoms with Gasteiger partial charge in [0.1, 0.15) is 5.69 Å². The Morgan fingerprint density at radius 3 is 2.88 bits per heavy atom. The third kappa shape index (κ3) is 2.41. The van der Waals surface area contributed by atoms with Crippen molar-refractivity contribution in [2.45, 2.75) is 25.3 Å². The molecule has 16 heavy (non-hydrogen) atoms. The lowest BCUT2D eigenvalue weighted by atomic mass is 10.3. The van der Waals surface area contributed by atoms with Crippen LogP contribution in [0.2, 0.25) is 0 Å². The first-order chi connectivity index (χ1) is 7.69. The Labute approximate surface area is 99.0 Å². The van der Waals surface area contributed by atoms with E-state index in [2.05, 4.69) is 15.4 Å². The van der Waals surface area contributed by atoms with Gasteiger partial charge in [-0.3, -0.25) is 4.68 Å². The second kappa shape index (κ2) is 4.65. The smallest absolute Gasteiger partial charge is 0.101 e. The van der Waals surface area contributed by atoms with Crippen molar-refractivity contribution in [1.82, 2.24) is 24.8 Å². The highest BCUT2D eigenvalue weighted by Crippen LogP contribution is 2.20. The van der Waals surface area contributed by atoms with Crippen molar-refractivity contribution in [3.8, 4) is 0 Å². The molecule has 0 aliphatic rings. The molecule has 6 heteroatoms. The van der Waals surface area contributed by atoms with E-state index >= 15 is 0 Å². The summed E-state index contributed by atoms with van der Waals surface area (Å²) in [6.07, 6.45) is 6.51. The number of alkyl halides is 1. The molecular formula is C10H14ClN5. The molecule has 2 aromatic heterocycles. The molecule has 0 N–H and O–H groups in total. The van der Waals surface area contributed by atoms with E-state index in [-0.39, 0.29) is 5.38 Å². The molecule has 0 aliphatic carbocycles. The maximum absolute atomic E-state index is 6.08. The van der Waals surface area contributed by atoms with Gasteiger partial charge < -0.3 is 0 Å². The highest BCUT2D eigenvalue weighted by Gasteiger charge is 2.10. The zero-order valence-electron chi connectivity index (χ0n) is 9.34. The Morgan fingerprint density at radius 1 is 1.44 bits per heavy atom. The molecule has 0 bridgehead atoms.